The van der Waals surface area contributed by atoms with Crippen LogP contribution in [0.3, 0.4) is 0 Å². The fourth-order valence-corrected chi connectivity index (χ4v) is 25.9. The van der Waals surface area contributed by atoms with E-state index in [2.05, 4.69) is 211 Å². The van der Waals surface area contributed by atoms with E-state index in [-0.39, 0.29) is 11.5 Å². The van der Waals surface area contributed by atoms with Gasteiger partial charge in [0.2, 0.25) is 0 Å². The third kappa shape index (κ3) is 16.6. The first-order chi connectivity index (χ1) is 67.9. The predicted octanol–water partition coefficient (Wildman–Crippen LogP) is 33.9. The van der Waals surface area contributed by atoms with Crippen LogP contribution >= 0.6 is 108 Å². The van der Waals surface area contributed by atoms with Crippen molar-refractivity contribution >= 4 is 216 Å². The van der Waals surface area contributed by atoms with Crippen LogP contribution in [0, 0.1) is 7.14 Å². The molecule has 0 radical (unpaired) electrons. The summed E-state index contributed by atoms with van der Waals surface area (Å²) in [6, 6.07) is 125. The molecule has 22 aromatic rings. The van der Waals surface area contributed by atoms with Crippen LogP contribution in [0.15, 0.2) is 385 Å². The number of hydrogen-bond acceptors (Lipinski definition) is 14. The van der Waals surface area contributed by atoms with Crippen molar-refractivity contribution in [2.75, 3.05) is 14.2 Å². The number of halogens is 4. The Hall–Kier alpha value is -13.4. The van der Waals surface area contributed by atoms with Gasteiger partial charge in [-0.3, -0.25) is 19.6 Å². The lowest BCUT2D eigenvalue weighted by Crippen LogP contribution is -2.00. The highest BCUT2D eigenvalue weighted by atomic mass is 127. The molecular formula is C114H72Br2I2O18P4. The van der Waals surface area contributed by atoms with Crippen molar-refractivity contribution in [3.05, 3.63) is 392 Å². The van der Waals surface area contributed by atoms with Crippen LogP contribution in [0.25, 0.3) is 197 Å². The van der Waals surface area contributed by atoms with Gasteiger partial charge in [-0.25, -0.2) is 18.3 Å². The lowest BCUT2D eigenvalue weighted by molar-refractivity contribution is 0.281. The second kappa shape index (κ2) is 36.1. The van der Waals surface area contributed by atoms with Gasteiger partial charge in [0.1, 0.15) is 11.5 Å². The highest BCUT2D eigenvalue weighted by Crippen LogP contribution is 2.67. The van der Waals surface area contributed by atoms with Gasteiger partial charge in [0, 0.05) is 55.6 Å². The van der Waals surface area contributed by atoms with E-state index in [1.807, 2.05) is 231 Å². The summed E-state index contributed by atoms with van der Waals surface area (Å²) in [6.07, 6.45) is 0. The lowest BCUT2D eigenvalue weighted by atomic mass is 9.86. The van der Waals surface area contributed by atoms with Crippen molar-refractivity contribution in [2.45, 2.75) is 0 Å². The molecule has 0 fully saturated rings. The van der Waals surface area contributed by atoms with Crippen molar-refractivity contribution in [2.24, 2.45) is 0 Å². The van der Waals surface area contributed by atoms with Crippen molar-refractivity contribution in [1.82, 2.24) is 0 Å². The van der Waals surface area contributed by atoms with Crippen molar-refractivity contribution in [3.8, 4) is 147 Å². The Kier molecular flexibility index (Phi) is 23.3. The molecule has 26 heteroatoms. The molecule has 0 amide bonds. The lowest BCUT2D eigenvalue weighted by Gasteiger charge is -2.19. The van der Waals surface area contributed by atoms with Crippen molar-refractivity contribution < 1.29 is 83.5 Å². The minimum Gasteiger partial charge on any atom is -0.493 e. The first-order valence-electron chi connectivity index (χ1n) is 44.1. The number of ether oxygens (including phenoxy) is 2. The summed E-state index contributed by atoms with van der Waals surface area (Å²) >= 11 is 11.3. The zero-order valence-corrected chi connectivity index (χ0v) is 84.7. The SMILES string of the molecule is COc1cc2ccccc2c2c1OP(=O)(O)Oc1c(OC)cc3ccccc3c1-2.O=P1(O)Oc2c(-c3ccc(-c4ccc5ccccc5c4)cc3)cc3ccccc3c2-c2c(c(-c3ccc(-c4ccc5ccccc5c4)cc3)cc3ccccc23)O1.O=P1(O)Oc2c(Br)cc3ccccc3c2-c2c(c(Br)cc3ccccc23)O1.O=P1(O)Oc2c(I)cc3ccccc3c2-c2c(c(I)cc3ccccc23)O1. The van der Waals surface area contributed by atoms with Crippen LogP contribution in [-0.4, -0.2) is 33.8 Å². The molecule has 0 atom stereocenters. The highest BCUT2D eigenvalue weighted by Gasteiger charge is 2.43. The average Bonchev–Trinajstić information content (AvgIpc) is 1.48. The van der Waals surface area contributed by atoms with Gasteiger partial charge in [0.25, 0.3) is 0 Å². The predicted molar refractivity (Wildman–Crippen MR) is 583 cm³/mol. The largest absolute Gasteiger partial charge is 0.585 e. The molecule has 0 spiro atoms. The maximum absolute atomic E-state index is 14.2. The second-order valence-electron chi connectivity index (χ2n) is 33.7. The van der Waals surface area contributed by atoms with E-state index in [0.717, 1.165) is 149 Å². The molecule has 18 nitrogen and oxygen atoms in total. The van der Waals surface area contributed by atoms with E-state index in [0.29, 0.717) is 88.3 Å². The summed E-state index contributed by atoms with van der Waals surface area (Å²) in [5.74, 6) is 2.98. The maximum atomic E-state index is 14.2. The Labute approximate surface area is 844 Å². The van der Waals surface area contributed by atoms with Gasteiger partial charge < -0.3 is 45.7 Å². The first-order valence-corrected chi connectivity index (χ1v) is 53.8. The number of phosphoric acid groups is 4. The van der Waals surface area contributed by atoms with Crippen LogP contribution in [0.5, 0.6) is 57.5 Å². The Morgan fingerprint density at radius 1 is 0.214 bits per heavy atom. The molecule has 4 aliphatic rings. The maximum Gasteiger partial charge on any atom is 0.585 e. The molecule has 26 rings (SSSR count). The molecule has 4 heterocycles. The quantitative estimate of drug-likeness (QED) is 0.0893. The van der Waals surface area contributed by atoms with Gasteiger partial charge in [0.15, 0.2) is 46.0 Å². The molecule has 684 valence electrons. The number of benzene rings is 22. The molecular weight excluding hydrogens is 2190 g/mol. The van der Waals surface area contributed by atoms with E-state index >= 15 is 0 Å². The molecule has 4 N–H and O–H groups in total. The van der Waals surface area contributed by atoms with E-state index in [1.54, 1.807) is 12.1 Å². The number of fused-ring (bicyclic) bond motifs is 30. The summed E-state index contributed by atoms with van der Waals surface area (Å²) in [7, 11) is -14.9. The Morgan fingerprint density at radius 2 is 0.421 bits per heavy atom. The standard InChI is InChI=1S/C52H33O4P.C22H17O6P.C20H11Br2O4P.C20H11I2O4P/c53-57(54)55-51-47(37-23-17-35(18-24-37)41-27-21-33-9-1-3-11-39(33)29-41)31-43-13-5-7-15-45(43)49(51)50-46-16-8-6-14-44(46)32-48(52(50)56-57)38-25-19-36(20-26-38)42-28-22-34-10-2-4-12-40(34)30-42;1-25-17-11-13-7-3-5-9-15(13)19-20-16-10-6-4-8-14(16)12-18(26-2)22(20)28-29(23,24)27-21(17)19;2*21-15-9-11-5-1-3-7-13(11)17-18-14-8-4-2-6-12(14)10-16(22)20(18)26-27(23,24)25-19(15)17/h1-32H,(H,53,54);3-12H,1-2H3,(H,23,24);2*1-10H,(H,23,24). The van der Waals surface area contributed by atoms with Gasteiger partial charge >= 0.3 is 31.3 Å². The minimum atomic E-state index is -4.71. The zero-order valence-electron chi connectivity index (χ0n) is 73.6. The summed E-state index contributed by atoms with van der Waals surface area (Å²) in [4.78, 5) is 42.7. The Morgan fingerprint density at radius 3 is 0.721 bits per heavy atom. The van der Waals surface area contributed by atoms with Gasteiger partial charge in [-0.15, -0.1) is 0 Å². The van der Waals surface area contributed by atoms with E-state index in [4.69, 9.17) is 45.7 Å². The monoisotopic (exact) mass is 2260 g/mol. The summed E-state index contributed by atoms with van der Waals surface area (Å²) in [6.45, 7) is 0. The summed E-state index contributed by atoms with van der Waals surface area (Å²) in [5, 5.41) is 19.7. The summed E-state index contributed by atoms with van der Waals surface area (Å²) in [5.41, 5.74) is 13.2. The van der Waals surface area contributed by atoms with Gasteiger partial charge in [-0.1, -0.05) is 315 Å². The second-order valence-corrected chi connectivity index (χ2v) is 43.0. The molecule has 22 aromatic carbocycles. The molecule has 140 heavy (non-hydrogen) atoms. The normalized spacial score (nSPS) is 14.0. The van der Waals surface area contributed by atoms with Gasteiger partial charge in [-0.2, -0.15) is 0 Å². The number of methoxy groups -OCH3 is 2. The smallest absolute Gasteiger partial charge is 0.493 e. The Balaban J connectivity index is 0.000000112. The van der Waals surface area contributed by atoms with Crippen LogP contribution in [0.2, 0.25) is 0 Å². The first kappa shape index (κ1) is 90.5. The third-order valence-electron chi connectivity index (χ3n) is 25.4. The molecule has 0 unspecified atom stereocenters. The molecule has 0 aromatic heterocycles. The molecule has 0 saturated heterocycles. The summed E-state index contributed by atoms with van der Waals surface area (Å²) < 4.78 is 112. The molecule has 4 aliphatic heterocycles. The number of hydrogen-bond donors (Lipinski definition) is 4. The van der Waals surface area contributed by atoms with Crippen LogP contribution in [0.1, 0.15) is 0 Å². The molecule has 0 bridgehead atoms. The topological polar surface area (TPSA) is 241 Å². The van der Waals surface area contributed by atoms with Gasteiger partial charge in [0.05, 0.1) is 30.3 Å². The highest BCUT2D eigenvalue weighted by molar-refractivity contribution is 14.1. The van der Waals surface area contributed by atoms with E-state index < -0.39 is 31.3 Å². The van der Waals surface area contributed by atoms with E-state index in [1.165, 1.54) is 35.8 Å². The van der Waals surface area contributed by atoms with Crippen LogP contribution in [-0.2, 0) is 18.3 Å². The number of rotatable bonds is 6. The van der Waals surface area contributed by atoms with Gasteiger partial charge in [-0.05, 0) is 279 Å². The third-order valence-corrected chi connectivity index (χ3v) is 31.5. The molecule has 0 saturated carbocycles. The van der Waals surface area contributed by atoms with Crippen molar-refractivity contribution in [3.63, 3.8) is 0 Å². The number of phosphoric ester groups is 4. The van der Waals surface area contributed by atoms with E-state index in [9.17, 15) is 37.8 Å². The fourth-order valence-electron chi connectivity index (χ4n) is 19.3. The van der Waals surface area contributed by atoms with Crippen LogP contribution in [0.4, 0.5) is 0 Å². The average molecular weight is 2270 g/mol. The Bertz CT molecular complexity index is 8520. The minimum absolute atomic E-state index is 0.161. The van der Waals surface area contributed by atoms with Crippen molar-refractivity contribution in [1.29, 1.82) is 0 Å². The fraction of sp³-hybridized carbons (Fsp3) is 0.0175. The van der Waals surface area contributed by atoms with Crippen LogP contribution < -0.4 is 45.7 Å². The zero-order chi connectivity index (χ0) is 95.8. The molecule has 0 aliphatic carbocycles.